The summed E-state index contributed by atoms with van der Waals surface area (Å²) in [6, 6.07) is 0. The smallest absolute Gasteiger partial charge is 0.0226 e. The molecule has 0 heterocycles. The predicted molar refractivity (Wildman–Crippen MR) is 32.1 cm³/mol. The van der Waals surface area contributed by atoms with Gasteiger partial charge < -0.3 is 0 Å². The Morgan fingerprint density at radius 3 is 1.86 bits per heavy atom. The Morgan fingerprint density at radius 2 is 1.86 bits per heavy atom. The minimum absolute atomic E-state index is 0.815. The molecule has 40 valence electrons. The van der Waals surface area contributed by atoms with E-state index in [0.717, 1.165) is 11.8 Å². The van der Waals surface area contributed by atoms with Crippen molar-refractivity contribution in [1.82, 2.24) is 0 Å². The van der Waals surface area contributed by atoms with Crippen molar-refractivity contribution in [2.45, 2.75) is 20.3 Å². The molecule has 0 radical (unpaired) electrons. The zero-order valence-electron chi connectivity index (χ0n) is 5.07. The van der Waals surface area contributed by atoms with E-state index in [0.29, 0.717) is 0 Å². The monoisotopic (exact) mass is 96.1 g/mol. The molecule has 0 aliphatic heterocycles. The van der Waals surface area contributed by atoms with Crippen molar-refractivity contribution in [2.24, 2.45) is 11.8 Å². The molecule has 0 amide bonds. The van der Waals surface area contributed by atoms with Crippen LogP contribution in [0.15, 0.2) is 12.2 Å². The van der Waals surface area contributed by atoms with Gasteiger partial charge in [0, 0.05) is 0 Å². The minimum Gasteiger partial charge on any atom is -0.0993 e. The van der Waals surface area contributed by atoms with Gasteiger partial charge in [0.15, 0.2) is 0 Å². The van der Waals surface area contributed by atoms with Gasteiger partial charge in [0.2, 0.25) is 0 Å². The zero-order chi connectivity index (χ0) is 5.44. The quantitative estimate of drug-likeness (QED) is 0.406. The van der Waals surface area contributed by atoms with Crippen LogP contribution < -0.4 is 0 Å². The molecular weight excluding hydrogens is 84.1 g/mol. The van der Waals surface area contributed by atoms with E-state index in [9.17, 15) is 0 Å². The molecule has 2 atom stereocenters. The average Bonchev–Trinajstić information content (AvgIpc) is 1.68. The standard InChI is InChI=1S/C7H12/c1-5-4-6(2)7(5)3/h5-6H,3-4H2,1-2H3. The summed E-state index contributed by atoms with van der Waals surface area (Å²) in [5.41, 5.74) is 1.44. The number of allylic oxidation sites excluding steroid dienone is 1. The van der Waals surface area contributed by atoms with Gasteiger partial charge in [0.05, 0.1) is 0 Å². The fraction of sp³-hybridized carbons (Fsp3) is 0.714. The van der Waals surface area contributed by atoms with Gasteiger partial charge >= 0.3 is 0 Å². The molecule has 0 spiro atoms. The minimum atomic E-state index is 0.815. The number of hydrogen-bond acceptors (Lipinski definition) is 0. The Kier molecular flexibility index (Phi) is 0.949. The number of rotatable bonds is 0. The van der Waals surface area contributed by atoms with E-state index >= 15 is 0 Å². The average molecular weight is 96.2 g/mol. The van der Waals surface area contributed by atoms with Crippen LogP contribution in [-0.2, 0) is 0 Å². The largest absolute Gasteiger partial charge is 0.0993 e. The van der Waals surface area contributed by atoms with Crippen molar-refractivity contribution in [3.63, 3.8) is 0 Å². The van der Waals surface area contributed by atoms with Crippen molar-refractivity contribution in [3.05, 3.63) is 12.2 Å². The molecule has 2 unspecified atom stereocenters. The van der Waals surface area contributed by atoms with Crippen LogP contribution >= 0.6 is 0 Å². The van der Waals surface area contributed by atoms with E-state index in [4.69, 9.17) is 0 Å². The summed E-state index contributed by atoms with van der Waals surface area (Å²) in [5.74, 6) is 1.63. The lowest BCUT2D eigenvalue weighted by Crippen LogP contribution is -2.21. The van der Waals surface area contributed by atoms with E-state index in [1.54, 1.807) is 0 Å². The van der Waals surface area contributed by atoms with Crippen molar-refractivity contribution in [3.8, 4) is 0 Å². The molecule has 0 nitrogen and oxygen atoms in total. The first-order chi connectivity index (χ1) is 3.22. The van der Waals surface area contributed by atoms with Crippen molar-refractivity contribution in [2.75, 3.05) is 0 Å². The lowest BCUT2D eigenvalue weighted by atomic mass is 9.73. The van der Waals surface area contributed by atoms with E-state index in [-0.39, 0.29) is 0 Å². The Morgan fingerprint density at radius 1 is 1.43 bits per heavy atom. The first kappa shape index (κ1) is 4.89. The highest BCUT2D eigenvalue weighted by atomic mass is 14.3. The van der Waals surface area contributed by atoms with Gasteiger partial charge in [-0.25, -0.2) is 0 Å². The van der Waals surface area contributed by atoms with Crippen molar-refractivity contribution in [1.29, 1.82) is 0 Å². The fourth-order valence-electron chi connectivity index (χ4n) is 1.16. The van der Waals surface area contributed by atoms with E-state index in [1.807, 2.05) is 0 Å². The van der Waals surface area contributed by atoms with E-state index < -0.39 is 0 Å². The first-order valence-corrected chi connectivity index (χ1v) is 2.90. The molecule has 0 bridgehead atoms. The summed E-state index contributed by atoms with van der Waals surface area (Å²) in [6.45, 7) is 8.40. The molecule has 0 aromatic rings. The van der Waals surface area contributed by atoms with Crippen LogP contribution in [0.4, 0.5) is 0 Å². The van der Waals surface area contributed by atoms with Gasteiger partial charge in [-0.15, -0.1) is 0 Å². The third-order valence-corrected chi connectivity index (χ3v) is 1.97. The normalized spacial score (nSPS) is 40.6. The molecule has 7 heavy (non-hydrogen) atoms. The molecule has 0 heteroatoms. The summed E-state index contributed by atoms with van der Waals surface area (Å²) in [7, 11) is 0. The van der Waals surface area contributed by atoms with Crippen LogP contribution in [0.25, 0.3) is 0 Å². The SMILES string of the molecule is C=C1C(C)CC1C. The topological polar surface area (TPSA) is 0 Å². The van der Waals surface area contributed by atoms with Crippen LogP contribution in [-0.4, -0.2) is 0 Å². The van der Waals surface area contributed by atoms with Crippen LogP contribution in [0.5, 0.6) is 0 Å². The maximum Gasteiger partial charge on any atom is -0.0226 e. The lowest BCUT2D eigenvalue weighted by Gasteiger charge is -2.32. The highest BCUT2D eigenvalue weighted by molar-refractivity contribution is 5.12. The summed E-state index contributed by atoms with van der Waals surface area (Å²) in [6.07, 6.45) is 1.36. The fourth-order valence-corrected chi connectivity index (χ4v) is 1.16. The maximum absolute atomic E-state index is 3.92. The van der Waals surface area contributed by atoms with Crippen molar-refractivity contribution < 1.29 is 0 Å². The van der Waals surface area contributed by atoms with Gasteiger partial charge in [-0.2, -0.15) is 0 Å². The molecule has 0 N–H and O–H groups in total. The lowest BCUT2D eigenvalue weighted by molar-refractivity contribution is 0.364. The van der Waals surface area contributed by atoms with Crippen LogP contribution in [0.3, 0.4) is 0 Å². The number of hydrogen-bond donors (Lipinski definition) is 0. The Balaban J connectivity index is 2.44. The maximum atomic E-state index is 3.92. The summed E-state index contributed by atoms with van der Waals surface area (Å²) >= 11 is 0. The second-order valence-electron chi connectivity index (χ2n) is 2.61. The molecule has 1 rings (SSSR count). The molecular formula is C7H12. The second kappa shape index (κ2) is 1.36. The zero-order valence-corrected chi connectivity index (χ0v) is 5.07. The van der Waals surface area contributed by atoms with Gasteiger partial charge in [0.25, 0.3) is 0 Å². The van der Waals surface area contributed by atoms with Crippen LogP contribution in [0.1, 0.15) is 20.3 Å². The molecule has 1 fully saturated rings. The van der Waals surface area contributed by atoms with Crippen molar-refractivity contribution >= 4 is 0 Å². The van der Waals surface area contributed by atoms with E-state index in [2.05, 4.69) is 20.4 Å². The molecule has 0 aromatic heterocycles. The second-order valence-corrected chi connectivity index (χ2v) is 2.61. The van der Waals surface area contributed by atoms with Gasteiger partial charge in [-0.1, -0.05) is 26.0 Å². The summed E-state index contributed by atoms with van der Waals surface area (Å²) < 4.78 is 0. The van der Waals surface area contributed by atoms with Gasteiger partial charge in [-0.3, -0.25) is 0 Å². The van der Waals surface area contributed by atoms with Crippen LogP contribution in [0, 0.1) is 11.8 Å². The molecule has 1 saturated carbocycles. The molecule has 1 aliphatic carbocycles. The van der Waals surface area contributed by atoms with E-state index in [1.165, 1.54) is 12.0 Å². The highest BCUT2D eigenvalue weighted by Crippen LogP contribution is 2.37. The first-order valence-electron chi connectivity index (χ1n) is 2.90. The third kappa shape index (κ3) is 0.583. The van der Waals surface area contributed by atoms with Gasteiger partial charge in [0.1, 0.15) is 0 Å². The highest BCUT2D eigenvalue weighted by Gasteiger charge is 2.24. The van der Waals surface area contributed by atoms with Crippen LogP contribution in [0.2, 0.25) is 0 Å². The molecule has 0 aromatic carbocycles. The molecule has 1 aliphatic rings. The molecule has 0 saturated heterocycles. The summed E-state index contributed by atoms with van der Waals surface area (Å²) in [5, 5.41) is 0. The summed E-state index contributed by atoms with van der Waals surface area (Å²) in [4.78, 5) is 0. The predicted octanol–water partition coefficient (Wildman–Crippen LogP) is 2.22. The Hall–Kier alpha value is -0.260. The third-order valence-electron chi connectivity index (χ3n) is 1.97. The Labute approximate surface area is 45.2 Å². The van der Waals surface area contributed by atoms with Gasteiger partial charge in [-0.05, 0) is 18.3 Å². The Bertz CT molecular complexity index is 82.2.